The lowest BCUT2D eigenvalue weighted by Gasteiger charge is -2.27. The first-order chi connectivity index (χ1) is 11.0. The molecule has 9 heteroatoms. The molecule has 2 atom stereocenters. The van der Waals surface area contributed by atoms with E-state index < -0.39 is 6.17 Å². The van der Waals surface area contributed by atoms with E-state index in [1.807, 2.05) is 13.2 Å². The van der Waals surface area contributed by atoms with Crippen molar-refractivity contribution in [2.24, 2.45) is 7.05 Å². The lowest BCUT2D eigenvalue weighted by molar-refractivity contribution is 0.0744. The molecule has 3 heterocycles. The minimum atomic E-state index is -0.860. The van der Waals surface area contributed by atoms with Gasteiger partial charge in [0.25, 0.3) is 5.91 Å². The van der Waals surface area contributed by atoms with Crippen LogP contribution in [0.4, 0.5) is 4.39 Å². The van der Waals surface area contributed by atoms with E-state index in [1.165, 1.54) is 0 Å². The van der Waals surface area contributed by atoms with E-state index in [4.69, 9.17) is 0 Å². The highest BCUT2D eigenvalue weighted by molar-refractivity contribution is 7.03. The Hall–Kier alpha value is -1.87. The van der Waals surface area contributed by atoms with Crippen LogP contribution in [0.15, 0.2) is 17.8 Å². The molecule has 7 nitrogen and oxygen atoms in total. The van der Waals surface area contributed by atoms with Crippen molar-refractivity contribution in [3.8, 4) is 0 Å². The van der Waals surface area contributed by atoms with Crippen molar-refractivity contribution >= 4 is 17.4 Å². The molecule has 0 N–H and O–H groups in total. The average Bonchev–Trinajstić information content (AvgIpc) is 3.22. The second-order valence-electron chi connectivity index (χ2n) is 5.91. The van der Waals surface area contributed by atoms with Gasteiger partial charge < -0.3 is 4.90 Å². The van der Waals surface area contributed by atoms with Crippen molar-refractivity contribution < 1.29 is 9.18 Å². The molecule has 2 aromatic heterocycles. The van der Waals surface area contributed by atoms with Gasteiger partial charge in [-0.2, -0.15) is 5.10 Å². The van der Waals surface area contributed by atoms with Crippen LogP contribution >= 0.6 is 11.5 Å². The predicted octanol–water partition coefficient (Wildman–Crippen LogP) is 0.956. The Morgan fingerprint density at radius 3 is 3.04 bits per heavy atom. The molecule has 1 saturated heterocycles. The van der Waals surface area contributed by atoms with Crippen molar-refractivity contribution in [3.05, 3.63) is 29.0 Å². The van der Waals surface area contributed by atoms with E-state index in [2.05, 4.69) is 19.6 Å². The second kappa shape index (κ2) is 6.71. The number of nitrogens with zero attached hydrogens (tertiary/aromatic N) is 6. The number of amides is 1. The molecule has 1 aliphatic heterocycles. The Balaban J connectivity index is 1.63. The first-order valence-electron chi connectivity index (χ1n) is 7.41. The van der Waals surface area contributed by atoms with E-state index in [0.717, 1.165) is 17.1 Å². The van der Waals surface area contributed by atoms with Crippen LogP contribution in [0.3, 0.4) is 0 Å². The summed E-state index contributed by atoms with van der Waals surface area (Å²) in [5, 5.41) is 9.56. The Labute approximate surface area is 137 Å². The van der Waals surface area contributed by atoms with Gasteiger partial charge in [0, 0.05) is 56.9 Å². The van der Waals surface area contributed by atoms with Crippen molar-refractivity contribution in [2.45, 2.75) is 25.2 Å². The molecule has 0 unspecified atom stereocenters. The van der Waals surface area contributed by atoms with Crippen LogP contribution < -0.4 is 0 Å². The van der Waals surface area contributed by atoms with E-state index in [1.54, 1.807) is 28.2 Å². The molecule has 23 heavy (non-hydrogen) atoms. The quantitative estimate of drug-likeness (QED) is 0.812. The number of hydrogen-bond acceptors (Lipinski definition) is 6. The molecule has 0 bridgehead atoms. The molecule has 1 fully saturated rings. The van der Waals surface area contributed by atoms with Gasteiger partial charge in [-0.3, -0.25) is 14.4 Å². The zero-order chi connectivity index (χ0) is 16.4. The lowest BCUT2D eigenvalue weighted by atomic mass is 10.2. The lowest BCUT2D eigenvalue weighted by Crippen LogP contribution is -2.41. The molecule has 1 amide bonds. The predicted molar refractivity (Wildman–Crippen MR) is 83.8 cm³/mol. The van der Waals surface area contributed by atoms with Gasteiger partial charge >= 0.3 is 0 Å². The van der Waals surface area contributed by atoms with E-state index in [-0.39, 0.29) is 11.9 Å². The van der Waals surface area contributed by atoms with Gasteiger partial charge in [-0.05, 0) is 18.0 Å². The zero-order valence-electron chi connectivity index (χ0n) is 13.1. The molecule has 1 aliphatic rings. The summed E-state index contributed by atoms with van der Waals surface area (Å²) < 4.78 is 19.3. The number of halogens is 1. The van der Waals surface area contributed by atoms with Crippen molar-refractivity contribution in [3.63, 3.8) is 0 Å². The molecule has 0 radical (unpaired) electrons. The smallest absolute Gasteiger partial charge is 0.275 e. The zero-order valence-corrected chi connectivity index (χ0v) is 13.9. The Kier molecular flexibility index (Phi) is 4.67. The monoisotopic (exact) mass is 338 g/mol. The van der Waals surface area contributed by atoms with E-state index >= 15 is 0 Å². The van der Waals surface area contributed by atoms with Crippen LogP contribution in [0.1, 0.15) is 22.5 Å². The fourth-order valence-electron chi connectivity index (χ4n) is 2.95. The summed E-state index contributed by atoms with van der Waals surface area (Å²) in [7, 11) is 3.58. The van der Waals surface area contributed by atoms with Crippen LogP contribution in [0.2, 0.25) is 0 Å². The summed E-state index contributed by atoms with van der Waals surface area (Å²) in [4.78, 5) is 15.9. The number of hydrogen-bond donors (Lipinski definition) is 0. The summed E-state index contributed by atoms with van der Waals surface area (Å²) in [5.74, 6) is -0.178. The van der Waals surface area contributed by atoms with Gasteiger partial charge in [-0.25, -0.2) is 4.39 Å². The molecule has 0 aliphatic carbocycles. The summed E-state index contributed by atoms with van der Waals surface area (Å²) in [6.07, 6.45) is 3.30. The summed E-state index contributed by atoms with van der Waals surface area (Å²) in [6, 6.07) is -0.00856. The van der Waals surface area contributed by atoms with E-state index in [0.29, 0.717) is 31.7 Å². The highest BCUT2D eigenvalue weighted by atomic mass is 32.1. The Morgan fingerprint density at radius 1 is 1.57 bits per heavy atom. The minimum Gasteiger partial charge on any atom is -0.339 e. The summed E-state index contributed by atoms with van der Waals surface area (Å²) in [6.45, 7) is 1.50. The Bertz CT molecular complexity index is 660. The SMILES string of the molecule is CN(C[C@@H]1C[C@H](F)CN1Cc1cnn(C)c1)C(=O)c1csnn1. The van der Waals surface area contributed by atoms with Crippen molar-refractivity contribution in [1.29, 1.82) is 0 Å². The van der Waals surface area contributed by atoms with Crippen LogP contribution in [0.25, 0.3) is 0 Å². The fraction of sp³-hybridized carbons (Fsp3) is 0.571. The number of rotatable bonds is 5. The third kappa shape index (κ3) is 3.73. The minimum absolute atomic E-state index is 0.00856. The number of aromatic nitrogens is 4. The van der Waals surface area contributed by atoms with Crippen molar-refractivity contribution in [2.75, 3.05) is 20.1 Å². The van der Waals surface area contributed by atoms with Crippen LogP contribution in [-0.4, -0.2) is 67.4 Å². The van der Waals surface area contributed by atoms with Crippen molar-refractivity contribution in [1.82, 2.24) is 29.2 Å². The number of carbonyl (C=O) groups excluding carboxylic acids is 1. The van der Waals surface area contributed by atoms with Gasteiger partial charge in [0.05, 0.1) is 6.20 Å². The normalized spacial score (nSPS) is 21.7. The molecule has 0 saturated carbocycles. The molecule has 3 rings (SSSR count). The fourth-order valence-corrected chi connectivity index (χ4v) is 3.38. The molecular weight excluding hydrogens is 319 g/mol. The molecule has 124 valence electrons. The summed E-state index contributed by atoms with van der Waals surface area (Å²) in [5.41, 5.74) is 1.38. The Morgan fingerprint density at radius 2 is 2.39 bits per heavy atom. The number of alkyl halides is 1. The molecular formula is C14H19FN6OS. The van der Waals surface area contributed by atoms with Gasteiger partial charge in [-0.15, -0.1) is 5.10 Å². The van der Waals surface area contributed by atoms with Crippen LogP contribution in [-0.2, 0) is 13.6 Å². The number of carbonyl (C=O) groups is 1. The van der Waals surface area contributed by atoms with E-state index in [9.17, 15) is 9.18 Å². The highest BCUT2D eigenvalue weighted by Crippen LogP contribution is 2.23. The summed E-state index contributed by atoms with van der Waals surface area (Å²) >= 11 is 1.14. The average molecular weight is 338 g/mol. The maximum atomic E-state index is 13.9. The maximum absolute atomic E-state index is 13.9. The first-order valence-corrected chi connectivity index (χ1v) is 8.24. The van der Waals surface area contributed by atoms with Gasteiger partial charge in [-0.1, -0.05) is 4.49 Å². The largest absolute Gasteiger partial charge is 0.339 e. The first kappa shape index (κ1) is 16.0. The van der Waals surface area contributed by atoms with Gasteiger partial charge in [0.1, 0.15) is 6.17 Å². The second-order valence-corrected chi connectivity index (χ2v) is 6.52. The highest BCUT2D eigenvalue weighted by Gasteiger charge is 2.34. The third-order valence-corrected chi connectivity index (χ3v) is 4.54. The topological polar surface area (TPSA) is 67.2 Å². The standard InChI is InChI=1S/C14H19FN6OS/c1-19(14(22)13-9-23-18-17-13)8-12-3-11(15)7-21(12)6-10-4-16-20(2)5-10/h4-5,9,11-12H,3,6-8H2,1-2H3/t11-,12-/m0/s1. The number of likely N-dealkylation sites (N-methyl/N-ethyl adjacent to an activating group) is 1. The maximum Gasteiger partial charge on any atom is 0.275 e. The van der Waals surface area contributed by atoms with Gasteiger partial charge in [0.15, 0.2) is 5.69 Å². The molecule has 2 aromatic rings. The third-order valence-electron chi connectivity index (χ3n) is 4.03. The van der Waals surface area contributed by atoms with Gasteiger partial charge in [0.2, 0.25) is 0 Å². The number of aryl methyl sites for hydroxylation is 1. The number of likely N-dealkylation sites (tertiary alicyclic amines) is 1. The molecule has 0 aromatic carbocycles. The molecule has 0 spiro atoms. The van der Waals surface area contributed by atoms with Crippen LogP contribution in [0, 0.1) is 0 Å². The van der Waals surface area contributed by atoms with Crippen LogP contribution in [0.5, 0.6) is 0 Å².